The highest BCUT2D eigenvalue weighted by Gasteiger charge is 2.17. The third kappa shape index (κ3) is 14.5. The summed E-state index contributed by atoms with van der Waals surface area (Å²) < 4.78 is 5.07. The van der Waals surface area contributed by atoms with Gasteiger partial charge in [-0.05, 0) is 64.8 Å². The number of ether oxygens (including phenoxy) is 1. The van der Waals surface area contributed by atoms with E-state index in [1.807, 2.05) is 63.2 Å². The van der Waals surface area contributed by atoms with Gasteiger partial charge in [-0.3, -0.25) is 14.4 Å². The monoisotopic (exact) mass is 514 g/mol. The maximum absolute atomic E-state index is 12.2. The van der Waals surface area contributed by atoms with Crippen molar-refractivity contribution in [3.05, 3.63) is 48.0 Å². The first-order chi connectivity index (χ1) is 17.1. The zero-order valence-electron chi connectivity index (χ0n) is 23.3. The van der Waals surface area contributed by atoms with Crippen molar-refractivity contribution in [1.82, 2.24) is 21.3 Å². The number of amides is 4. The van der Waals surface area contributed by atoms with E-state index in [0.29, 0.717) is 6.54 Å². The maximum atomic E-state index is 12.2. The van der Waals surface area contributed by atoms with Crippen molar-refractivity contribution in [3.8, 4) is 0 Å². The SMILES string of the molecule is CC(=O)NC(C)(C)C.CC(CC(=O)NCc1cccc2ccccc12)NC(=O)CNC(=O)OC(C)(C)C. The van der Waals surface area contributed by atoms with Crippen molar-refractivity contribution >= 4 is 34.6 Å². The molecular formula is C28H42N4O5. The van der Waals surface area contributed by atoms with Crippen LogP contribution in [0.25, 0.3) is 10.8 Å². The lowest BCUT2D eigenvalue weighted by molar-refractivity contribution is -0.123. The fraction of sp³-hybridized carbons (Fsp3) is 0.500. The second-order valence-corrected chi connectivity index (χ2v) is 10.9. The number of alkyl carbamates (subject to hydrolysis) is 1. The number of hydrogen-bond acceptors (Lipinski definition) is 5. The van der Waals surface area contributed by atoms with Crippen molar-refractivity contribution in [2.75, 3.05) is 6.54 Å². The van der Waals surface area contributed by atoms with Crippen LogP contribution in [-0.4, -0.2) is 47.5 Å². The minimum Gasteiger partial charge on any atom is -0.444 e. The molecule has 4 amide bonds. The number of carbonyl (C=O) groups is 4. The van der Waals surface area contributed by atoms with E-state index < -0.39 is 11.7 Å². The van der Waals surface area contributed by atoms with Crippen molar-refractivity contribution in [2.45, 2.75) is 85.5 Å². The van der Waals surface area contributed by atoms with Crippen LogP contribution < -0.4 is 21.3 Å². The molecule has 0 aliphatic heterocycles. The van der Waals surface area contributed by atoms with Gasteiger partial charge in [-0.1, -0.05) is 42.5 Å². The number of rotatable bonds is 7. The van der Waals surface area contributed by atoms with Crippen molar-refractivity contribution < 1.29 is 23.9 Å². The maximum Gasteiger partial charge on any atom is 0.408 e. The van der Waals surface area contributed by atoms with Gasteiger partial charge in [0.05, 0.1) is 0 Å². The molecule has 0 aliphatic rings. The van der Waals surface area contributed by atoms with E-state index in [2.05, 4.69) is 21.3 Å². The van der Waals surface area contributed by atoms with E-state index in [1.165, 1.54) is 6.92 Å². The van der Waals surface area contributed by atoms with Gasteiger partial charge in [-0.2, -0.15) is 0 Å². The molecule has 0 fully saturated rings. The molecule has 0 heterocycles. The van der Waals surface area contributed by atoms with Crippen LogP contribution in [0.4, 0.5) is 4.79 Å². The Bertz CT molecular complexity index is 1060. The predicted molar refractivity (Wildman–Crippen MR) is 146 cm³/mol. The molecule has 1 atom stereocenters. The van der Waals surface area contributed by atoms with Crippen LogP contribution in [0.3, 0.4) is 0 Å². The Balaban J connectivity index is 0.000000738. The van der Waals surface area contributed by atoms with Crippen LogP contribution in [0.15, 0.2) is 42.5 Å². The molecule has 4 N–H and O–H groups in total. The first kappa shape index (κ1) is 31.4. The molecule has 204 valence electrons. The molecule has 2 rings (SSSR count). The summed E-state index contributed by atoms with van der Waals surface area (Å²) in [7, 11) is 0. The highest BCUT2D eigenvalue weighted by molar-refractivity contribution is 5.86. The van der Waals surface area contributed by atoms with Gasteiger partial charge in [0.1, 0.15) is 12.1 Å². The molecule has 0 aliphatic carbocycles. The average Bonchev–Trinajstić information content (AvgIpc) is 2.73. The van der Waals surface area contributed by atoms with Crippen LogP contribution in [0, 0.1) is 0 Å². The van der Waals surface area contributed by atoms with Gasteiger partial charge in [0, 0.05) is 31.5 Å². The predicted octanol–water partition coefficient (Wildman–Crippen LogP) is 3.80. The quantitative estimate of drug-likeness (QED) is 0.447. The Morgan fingerprint density at radius 1 is 0.865 bits per heavy atom. The Labute approximate surface area is 220 Å². The fourth-order valence-electron chi connectivity index (χ4n) is 3.36. The zero-order chi connectivity index (χ0) is 28.2. The molecule has 1 unspecified atom stereocenters. The van der Waals surface area contributed by atoms with Gasteiger partial charge >= 0.3 is 6.09 Å². The number of carbonyl (C=O) groups excluding carboxylic acids is 4. The molecule has 0 saturated carbocycles. The van der Waals surface area contributed by atoms with E-state index in [0.717, 1.165) is 16.3 Å². The average molecular weight is 515 g/mol. The largest absolute Gasteiger partial charge is 0.444 e. The summed E-state index contributed by atoms with van der Waals surface area (Å²) in [6.07, 6.45) is -0.517. The third-order valence-electron chi connectivity index (χ3n) is 4.60. The molecular weight excluding hydrogens is 472 g/mol. The molecule has 0 aromatic heterocycles. The van der Waals surface area contributed by atoms with Crippen LogP contribution in [-0.2, 0) is 25.7 Å². The van der Waals surface area contributed by atoms with Crippen LogP contribution in [0.5, 0.6) is 0 Å². The van der Waals surface area contributed by atoms with Crippen molar-refractivity contribution in [1.29, 1.82) is 0 Å². The molecule has 0 saturated heterocycles. The molecule has 2 aromatic rings. The highest BCUT2D eigenvalue weighted by atomic mass is 16.6. The van der Waals surface area contributed by atoms with Gasteiger partial charge in [-0.25, -0.2) is 4.79 Å². The third-order valence-corrected chi connectivity index (χ3v) is 4.60. The second kappa shape index (κ2) is 14.2. The van der Waals surface area contributed by atoms with Crippen LogP contribution in [0.1, 0.15) is 67.4 Å². The van der Waals surface area contributed by atoms with Crippen LogP contribution in [0.2, 0.25) is 0 Å². The summed E-state index contributed by atoms with van der Waals surface area (Å²) >= 11 is 0. The van der Waals surface area contributed by atoms with E-state index in [4.69, 9.17) is 4.74 Å². The van der Waals surface area contributed by atoms with Crippen LogP contribution >= 0.6 is 0 Å². The van der Waals surface area contributed by atoms with Gasteiger partial charge in [0.2, 0.25) is 17.7 Å². The fourth-order valence-corrected chi connectivity index (χ4v) is 3.36. The molecule has 9 nitrogen and oxygen atoms in total. The molecule has 0 bridgehead atoms. The first-order valence-electron chi connectivity index (χ1n) is 12.3. The Morgan fingerprint density at radius 3 is 2.05 bits per heavy atom. The molecule has 0 radical (unpaired) electrons. The summed E-state index contributed by atoms with van der Waals surface area (Å²) in [4.78, 5) is 46.0. The standard InChI is InChI=1S/C22H29N3O4.C6H13NO/c1-15(25-20(27)14-24-21(28)29-22(2,3)4)12-19(26)23-13-17-10-7-9-16-8-5-6-11-18(16)17;1-5(8)7-6(2,3)4/h5-11,15H,12-14H2,1-4H3,(H,23,26)(H,24,28)(H,25,27);1-4H3,(H,7,8). The number of benzene rings is 2. The van der Waals surface area contributed by atoms with Gasteiger partial charge in [-0.15, -0.1) is 0 Å². The molecule has 2 aromatic carbocycles. The summed E-state index contributed by atoms with van der Waals surface area (Å²) in [5.74, 6) is -0.520. The summed E-state index contributed by atoms with van der Waals surface area (Å²) in [5.41, 5.74) is 0.330. The second-order valence-electron chi connectivity index (χ2n) is 10.9. The lowest BCUT2D eigenvalue weighted by Gasteiger charge is -2.20. The van der Waals surface area contributed by atoms with Gasteiger partial charge in [0.15, 0.2) is 0 Å². The lowest BCUT2D eigenvalue weighted by atomic mass is 10.0. The van der Waals surface area contributed by atoms with E-state index >= 15 is 0 Å². The molecule has 37 heavy (non-hydrogen) atoms. The first-order valence-corrected chi connectivity index (χ1v) is 12.3. The Hall–Kier alpha value is -3.62. The van der Waals surface area contributed by atoms with E-state index in [9.17, 15) is 19.2 Å². The number of hydrogen-bond donors (Lipinski definition) is 4. The molecule has 0 spiro atoms. The minimum absolute atomic E-state index is 0.0255. The smallest absolute Gasteiger partial charge is 0.408 e. The van der Waals surface area contributed by atoms with Gasteiger partial charge < -0.3 is 26.0 Å². The number of fused-ring (bicyclic) bond motifs is 1. The summed E-state index contributed by atoms with van der Waals surface area (Å²) in [6, 6.07) is 13.6. The molecule has 9 heteroatoms. The highest BCUT2D eigenvalue weighted by Crippen LogP contribution is 2.18. The summed E-state index contributed by atoms with van der Waals surface area (Å²) in [6.45, 7) is 14.5. The van der Waals surface area contributed by atoms with E-state index in [-0.39, 0.29) is 42.3 Å². The van der Waals surface area contributed by atoms with Gasteiger partial charge in [0.25, 0.3) is 0 Å². The Kier molecular flexibility index (Phi) is 12.1. The Morgan fingerprint density at radius 2 is 1.49 bits per heavy atom. The minimum atomic E-state index is -0.659. The lowest BCUT2D eigenvalue weighted by Crippen LogP contribution is -2.43. The van der Waals surface area contributed by atoms with Crippen molar-refractivity contribution in [2.24, 2.45) is 0 Å². The topological polar surface area (TPSA) is 126 Å². The van der Waals surface area contributed by atoms with E-state index in [1.54, 1.807) is 27.7 Å². The summed E-state index contributed by atoms with van der Waals surface area (Å²) in [5, 5.41) is 12.9. The number of nitrogens with one attached hydrogen (secondary N) is 4. The normalized spacial score (nSPS) is 11.9. The zero-order valence-corrected chi connectivity index (χ0v) is 23.3. The van der Waals surface area contributed by atoms with Crippen molar-refractivity contribution in [3.63, 3.8) is 0 Å².